The van der Waals surface area contributed by atoms with Crippen molar-refractivity contribution in [3.63, 3.8) is 0 Å². The summed E-state index contributed by atoms with van der Waals surface area (Å²) < 4.78 is 0.741. The van der Waals surface area contributed by atoms with Gasteiger partial charge in [-0.05, 0) is 27.4 Å². The van der Waals surface area contributed by atoms with Crippen LogP contribution in [0.5, 0.6) is 5.75 Å². The van der Waals surface area contributed by atoms with Crippen LogP contribution in [0.25, 0.3) is 0 Å². The lowest BCUT2D eigenvalue weighted by molar-refractivity contribution is 0.461. The van der Waals surface area contributed by atoms with Crippen LogP contribution >= 0.6 is 15.9 Å². The van der Waals surface area contributed by atoms with E-state index in [-0.39, 0.29) is 17.4 Å². The van der Waals surface area contributed by atoms with Crippen LogP contribution in [-0.2, 0) is 0 Å². The van der Waals surface area contributed by atoms with E-state index in [0.29, 0.717) is 5.75 Å². The van der Waals surface area contributed by atoms with Gasteiger partial charge in [0, 0.05) is 17.5 Å². The van der Waals surface area contributed by atoms with Crippen molar-refractivity contribution >= 4 is 15.9 Å². The standard InChI is InChI=1S/C11H14BrNO/c1-11(2)8(10(11)13)6-4-3-5-7(12)9(6)14/h3-5,8,10,14H,13H2,1-2H3/t8-,10-/m0/s1. The van der Waals surface area contributed by atoms with Crippen LogP contribution < -0.4 is 5.73 Å². The van der Waals surface area contributed by atoms with Crippen molar-refractivity contribution < 1.29 is 5.11 Å². The Morgan fingerprint density at radius 3 is 2.50 bits per heavy atom. The number of hydrogen-bond acceptors (Lipinski definition) is 2. The lowest BCUT2D eigenvalue weighted by atomic mass is 10.0. The number of halogens is 1. The molecule has 0 spiro atoms. The minimum absolute atomic E-state index is 0.109. The van der Waals surface area contributed by atoms with Gasteiger partial charge in [-0.25, -0.2) is 0 Å². The van der Waals surface area contributed by atoms with E-state index in [1.807, 2.05) is 18.2 Å². The third-order valence-electron chi connectivity index (χ3n) is 3.26. The van der Waals surface area contributed by atoms with Crippen LogP contribution in [0.4, 0.5) is 0 Å². The Balaban J connectivity index is 2.40. The fraction of sp³-hybridized carbons (Fsp3) is 0.455. The summed E-state index contributed by atoms with van der Waals surface area (Å²) in [6.07, 6.45) is 0. The van der Waals surface area contributed by atoms with E-state index in [4.69, 9.17) is 5.73 Å². The van der Waals surface area contributed by atoms with Crippen LogP contribution in [0.1, 0.15) is 25.3 Å². The molecule has 0 bridgehead atoms. The van der Waals surface area contributed by atoms with E-state index in [0.717, 1.165) is 10.0 Å². The van der Waals surface area contributed by atoms with Gasteiger partial charge >= 0.3 is 0 Å². The number of phenolic OH excluding ortho intramolecular Hbond substituents is 1. The van der Waals surface area contributed by atoms with Crippen LogP contribution in [0, 0.1) is 5.41 Å². The lowest BCUT2D eigenvalue weighted by Gasteiger charge is -2.06. The van der Waals surface area contributed by atoms with Gasteiger partial charge in [0.2, 0.25) is 0 Å². The molecule has 1 aromatic rings. The second-order valence-electron chi connectivity index (χ2n) is 4.50. The molecule has 2 atom stereocenters. The summed E-state index contributed by atoms with van der Waals surface area (Å²) in [5.74, 6) is 0.610. The molecule has 14 heavy (non-hydrogen) atoms. The number of hydrogen-bond donors (Lipinski definition) is 2. The van der Waals surface area contributed by atoms with Gasteiger partial charge in [0.15, 0.2) is 0 Å². The number of phenols is 1. The molecule has 0 heterocycles. The van der Waals surface area contributed by atoms with Gasteiger partial charge in [-0.2, -0.15) is 0 Å². The molecule has 0 aliphatic heterocycles. The third-order valence-corrected chi connectivity index (χ3v) is 3.90. The molecular formula is C11H14BrNO. The van der Waals surface area contributed by atoms with Gasteiger partial charge in [-0.3, -0.25) is 0 Å². The second kappa shape index (κ2) is 2.97. The quantitative estimate of drug-likeness (QED) is 0.811. The highest BCUT2D eigenvalue weighted by Crippen LogP contribution is 2.59. The van der Waals surface area contributed by atoms with Crippen molar-refractivity contribution in [2.45, 2.75) is 25.8 Å². The molecule has 0 aromatic heterocycles. The molecule has 2 nitrogen and oxygen atoms in total. The summed E-state index contributed by atoms with van der Waals surface area (Å²) in [5, 5.41) is 9.86. The molecular weight excluding hydrogens is 242 g/mol. The average molecular weight is 256 g/mol. The topological polar surface area (TPSA) is 46.2 Å². The molecule has 0 unspecified atom stereocenters. The zero-order valence-electron chi connectivity index (χ0n) is 8.29. The first-order valence-electron chi connectivity index (χ1n) is 4.69. The first kappa shape index (κ1) is 9.99. The maximum atomic E-state index is 9.86. The van der Waals surface area contributed by atoms with Crippen LogP contribution in [0.3, 0.4) is 0 Å². The Bertz CT molecular complexity index is 376. The molecule has 1 aliphatic rings. The Morgan fingerprint density at radius 2 is 2.00 bits per heavy atom. The summed E-state index contributed by atoms with van der Waals surface area (Å²) in [7, 11) is 0. The fourth-order valence-electron chi connectivity index (χ4n) is 2.05. The molecule has 3 heteroatoms. The highest BCUT2D eigenvalue weighted by molar-refractivity contribution is 9.10. The van der Waals surface area contributed by atoms with E-state index in [1.165, 1.54) is 0 Å². The number of nitrogens with two attached hydrogens (primary N) is 1. The first-order valence-corrected chi connectivity index (χ1v) is 5.48. The molecule has 1 aromatic carbocycles. The summed E-state index contributed by atoms with van der Waals surface area (Å²) in [6, 6.07) is 5.86. The molecule has 76 valence electrons. The minimum Gasteiger partial charge on any atom is -0.506 e. The van der Waals surface area contributed by atoms with Gasteiger partial charge in [0.25, 0.3) is 0 Å². The first-order chi connectivity index (χ1) is 6.46. The van der Waals surface area contributed by atoms with Crippen LogP contribution in [-0.4, -0.2) is 11.1 Å². The summed E-state index contributed by atoms with van der Waals surface area (Å²) in [4.78, 5) is 0. The normalized spacial score (nSPS) is 28.9. The summed E-state index contributed by atoms with van der Waals surface area (Å²) in [6.45, 7) is 4.26. The minimum atomic E-state index is 0.109. The van der Waals surface area contributed by atoms with Crippen molar-refractivity contribution in [2.75, 3.05) is 0 Å². The predicted molar refractivity (Wildman–Crippen MR) is 60.3 cm³/mol. The van der Waals surface area contributed by atoms with E-state index in [9.17, 15) is 5.11 Å². The summed E-state index contributed by atoms with van der Waals surface area (Å²) in [5.41, 5.74) is 7.03. The van der Waals surface area contributed by atoms with Gasteiger partial charge in [-0.15, -0.1) is 0 Å². The molecule has 3 N–H and O–H groups in total. The molecule has 2 rings (SSSR count). The van der Waals surface area contributed by atoms with Crippen LogP contribution in [0.2, 0.25) is 0 Å². The highest BCUT2D eigenvalue weighted by atomic mass is 79.9. The lowest BCUT2D eigenvalue weighted by Crippen LogP contribution is -2.06. The Kier molecular flexibility index (Phi) is 2.12. The zero-order valence-corrected chi connectivity index (χ0v) is 9.88. The molecule has 0 saturated heterocycles. The molecule has 1 fully saturated rings. The Hall–Kier alpha value is -0.540. The number of para-hydroxylation sites is 1. The SMILES string of the molecule is CC1(C)[C@@H](N)[C@@H]1c1cccc(Br)c1O. The van der Waals surface area contributed by atoms with E-state index >= 15 is 0 Å². The number of benzene rings is 1. The van der Waals surface area contributed by atoms with Crippen molar-refractivity contribution in [3.8, 4) is 5.75 Å². The largest absolute Gasteiger partial charge is 0.506 e. The third kappa shape index (κ3) is 1.27. The number of aromatic hydroxyl groups is 1. The van der Waals surface area contributed by atoms with Crippen molar-refractivity contribution in [1.82, 2.24) is 0 Å². The second-order valence-corrected chi connectivity index (χ2v) is 5.36. The predicted octanol–water partition coefficient (Wildman–Crippen LogP) is 2.61. The maximum absolute atomic E-state index is 9.86. The highest BCUT2D eigenvalue weighted by Gasteiger charge is 2.57. The molecule has 0 radical (unpaired) electrons. The molecule has 1 aliphatic carbocycles. The monoisotopic (exact) mass is 255 g/mol. The van der Waals surface area contributed by atoms with Gasteiger partial charge in [0.05, 0.1) is 4.47 Å². The van der Waals surface area contributed by atoms with Crippen molar-refractivity contribution in [1.29, 1.82) is 0 Å². The Morgan fingerprint density at radius 1 is 1.43 bits per heavy atom. The van der Waals surface area contributed by atoms with E-state index < -0.39 is 0 Å². The van der Waals surface area contributed by atoms with E-state index in [1.54, 1.807) is 0 Å². The summed E-state index contributed by atoms with van der Waals surface area (Å²) >= 11 is 3.31. The number of rotatable bonds is 1. The zero-order chi connectivity index (χ0) is 10.5. The van der Waals surface area contributed by atoms with E-state index in [2.05, 4.69) is 29.8 Å². The van der Waals surface area contributed by atoms with Crippen molar-refractivity contribution in [3.05, 3.63) is 28.2 Å². The van der Waals surface area contributed by atoms with Crippen LogP contribution in [0.15, 0.2) is 22.7 Å². The molecule has 0 amide bonds. The maximum Gasteiger partial charge on any atom is 0.133 e. The fourth-order valence-corrected chi connectivity index (χ4v) is 2.44. The average Bonchev–Trinajstić information content (AvgIpc) is 2.59. The van der Waals surface area contributed by atoms with Gasteiger partial charge in [-0.1, -0.05) is 26.0 Å². The Labute approximate surface area is 92.3 Å². The van der Waals surface area contributed by atoms with Crippen molar-refractivity contribution in [2.24, 2.45) is 11.1 Å². The van der Waals surface area contributed by atoms with Gasteiger partial charge in [0.1, 0.15) is 5.75 Å². The molecule has 1 saturated carbocycles. The smallest absolute Gasteiger partial charge is 0.133 e. The van der Waals surface area contributed by atoms with Gasteiger partial charge < -0.3 is 10.8 Å².